The predicted molar refractivity (Wildman–Crippen MR) is 72.1 cm³/mol. The first-order chi connectivity index (χ1) is 8.16. The second-order valence-electron chi connectivity index (χ2n) is 3.13. The third kappa shape index (κ3) is 3.21. The van der Waals surface area contributed by atoms with Crippen molar-refractivity contribution < 1.29 is 4.79 Å². The number of thioether (sulfide) groups is 1. The van der Waals surface area contributed by atoms with E-state index in [9.17, 15) is 4.79 Å². The van der Waals surface area contributed by atoms with Crippen LogP contribution in [0.5, 0.6) is 0 Å². The van der Waals surface area contributed by atoms with Crippen LogP contribution in [0.2, 0.25) is 10.0 Å². The Kier molecular flexibility index (Phi) is 4.04. The number of rotatable bonds is 2. The molecule has 0 saturated carbocycles. The van der Waals surface area contributed by atoms with Gasteiger partial charge in [0.15, 0.2) is 5.17 Å². The van der Waals surface area contributed by atoms with Gasteiger partial charge >= 0.3 is 0 Å². The molecule has 1 N–H and O–H groups in total. The van der Waals surface area contributed by atoms with E-state index in [1.807, 2.05) is 0 Å². The van der Waals surface area contributed by atoms with Gasteiger partial charge in [-0.1, -0.05) is 47.1 Å². The number of amidine groups is 1. The van der Waals surface area contributed by atoms with Crippen molar-refractivity contribution in [3.63, 3.8) is 0 Å². The molecule has 1 aliphatic heterocycles. The number of nitrogens with zero attached hydrogens (tertiary/aromatic N) is 2. The van der Waals surface area contributed by atoms with Crippen LogP contribution in [0, 0.1) is 0 Å². The molecule has 1 aromatic rings. The highest BCUT2D eigenvalue weighted by Gasteiger charge is 2.15. The fraction of sp³-hybridized carbons (Fsp3) is 0.100. The van der Waals surface area contributed by atoms with Crippen molar-refractivity contribution in [2.45, 2.75) is 0 Å². The lowest BCUT2D eigenvalue weighted by Crippen LogP contribution is -2.19. The molecule has 0 radical (unpaired) electrons. The molecule has 0 aromatic heterocycles. The Labute approximate surface area is 112 Å². The van der Waals surface area contributed by atoms with Gasteiger partial charge in [-0.3, -0.25) is 4.79 Å². The number of amides is 1. The fourth-order valence-corrected chi connectivity index (χ4v) is 2.13. The molecule has 0 atom stereocenters. The largest absolute Gasteiger partial charge is 0.303 e. The molecule has 1 heterocycles. The van der Waals surface area contributed by atoms with Gasteiger partial charge < -0.3 is 5.32 Å². The van der Waals surface area contributed by atoms with Gasteiger partial charge in [-0.05, 0) is 6.07 Å². The van der Waals surface area contributed by atoms with Crippen LogP contribution in [0.15, 0.2) is 28.4 Å². The third-order valence-corrected chi connectivity index (χ3v) is 3.61. The SMILES string of the molecule is O=C1CS/C(=N/N=C\c2cccc(Cl)c2Cl)N1. The Hall–Kier alpha value is -1.04. The van der Waals surface area contributed by atoms with Gasteiger partial charge in [0.2, 0.25) is 5.91 Å². The average molecular weight is 288 g/mol. The minimum absolute atomic E-state index is 0.0651. The Morgan fingerprint density at radius 1 is 1.41 bits per heavy atom. The molecule has 0 bridgehead atoms. The van der Waals surface area contributed by atoms with Crippen LogP contribution in [0.1, 0.15) is 5.56 Å². The second-order valence-corrected chi connectivity index (χ2v) is 4.88. The average Bonchev–Trinajstić information content (AvgIpc) is 2.70. The van der Waals surface area contributed by atoms with E-state index in [-0.39, 0.29) is 5.91 Å². The zero-order valence-electron chi connectivity index (χ0n) is 8.48. The predicted octanol–water partition coefficient (Wildman–Crippen LogP) is 2.55. The second kappa shape index (κ2) is 5.53. The molecular formula is C10H7Cl2N3OS. The van der Waals surface area contributed by atoms with Gasteiger partial charge in [0.05, 0.1) is 22.0 Å². The number of carbonyl (C=O) groups excluding carboxylic acids is 1. The van der Waals surface area contributed by atoms with E-state index in [1.54, 1.807) is 18.2 Å². The molecule has 17 heavy (non-hydrogen) atoms. The standard InChI is InChI=1S/C10H7Cl2N3OS/c11-7-3-1-2-6(9(7)12)4-13-15-10-14-8(16)5-17-10/h1-4H,5H2,(H,14,15,16)/b13-4-. The van der Waals surface area contributed by atoms with Crippen LogP contribution < -0.4 is 5.32 Å². The molecule has 0 spiro atoms. The molecule has 7 heteroatoms. The number of carbonyl (C=O) groups is 1. The van der Waals surface area contributed by atoms with Gasteiger partial charge in [-0.2, -0.15) is 5.10 Å². The van der Waals surface area contributed by atoms with E-state index in [0.29, 0.717) is 26.5 Å². The van der Waals surface area contributed by atoms with Crippen LogP contribution in [0.3, 0.4) is 0 Å². The Morgan fingerprint density at radius 3 is 2.94 bits per heavy atom. The molecule has 1 fully saturated rings. The van der Waals surface area contributed by atoms with Gasteiger partial charge in [0.25, 0.3) is 0 Å². The third-order valence-electron chi connectivity index (χ3n) is 1.91. The summed E-state index contributed by atoms with van der Waals surface area (Å²) in [6, 6.07) is 5.24. The summed E-state index contributed by atoms with van der Waals surface area (Å²) in [6.45, 7) is 0. The van der Waals surface area contributed by atoms with Crippen molar-refractivity contribution >= 4 is 52.3 Å². The lowest BCUT2D eigenvalue weighted by Gasteiger charge is -1.98. The molecule has 1 aliphatic rings. The Bertz CT molecular complexity index is 516. The van der Waals surface area contributed by atoms with E-state index in [0.717, 1.165) is 0 Å². The van der Waals surface area contributed by atoms with Crippen LogP contribution in [0.25, 0.3) is 0 Å². The monoisotopic (exact) mass is 287 g/mol. The van der Waals surface area contributed by atoms with Crippen LogP contribution in [-0.4, -0.2) is 23.0 Å². The topological polar surface area (TPSA) is 53.8 Å². The molecule has 1 saturated heterocycles. The van der Waals surface area contributed by atoms with Crippen molar-refractivity contribution in [3.8, 4) is 0 Å². The first-order valence-corrected chi connectivity index (χ1v) is 6.38. The van der Waals surface area contributed by atoms with Gasteiger partial charge in [-0.15, -0.1) is 5.10 Å². The number of halogens is 2. The zero-order valence-corrected chi connectivity index (χ0v) is 10.8. The Morgan fingerprint density at radius 2 is 2.24 bits per heavy atom. The molecule has 1 aromatic carbocycles. The van der Waals surface area contributed by atoms with Crippen molar-refractivity contribution in [1.82, 2.24) is 5.32 Å². The first kappa shape index (κ1) is 12.4. The highest BCUT2D eigenvalue weighted by atomic mass is 35.5. The summed E-state index contributed by atoms with van der Waals surface area (Å²) in [7, 11) is 0. The van der Waals surface area contributed by atoms with Crippen LogP contribution in [0.4, 0.5) is 0 Å². The molecule has 88 valence electrons. The van der Waals surface area contributed by atoms with Crippen molar-refractivity contribution in [3.05, 3.63) is 33.8 Å². The molecule has 1 amide bonds. The lowest BCUT2D eigenvalue weighted by molar-refractivity contribution is -0.116. The number of nitrogens with one attached hydrogen (secondary N) is 1. The first-order valence-electron chi connectivity index (χ1n) is 4.64. The smallest absolute Gasteiger partial charge is 0.236 e. The van der Waals surface area contributed by atoms with Crippen LogP contribution >= 0.6 is 35.0 Å². The zero-order chi connectivity index (χ0) is 12.3. The highest BCUT2D eigenvalue weighted by molar-refractivity contribution is 8.15. The van der Waals surface area contributed by atoms with E-state index in [2.05, 4.69) is 15.5 Å². The van der Waals surface area contributed by atoms with E-state index in [4.69, 9.17) is 23.2 Å². The van der Waals surface area contributed by atoms with Gasteiger partial charge in [-0.25, -0.2) is 0 Å². The summed E-state index contributed by atoms with van der Waals surface area (Å²) in [5, 5.41) is 11.7. The van der Waals surface area contributed by atoms with Crippen LogP contribution in [-0.2, 0) is 4.79 Å². The lowest BCUT2D eigenvalue weighted by atomic mass is 10.2. The quantitative estimate of drug-likeness (QED) is 0.671. The summed E-state index contributed by atoms with van der Waals surface area (Å²) in [4.78, 5) is 10.9. The van der Waals surface area contributed by atoms with Gasteiger partial charge in [0, 0.05) is 5.56 Å². The summed E-state index contributed by atoms with van der Waals surface area (Å²) in [5.74, 6) is 0.316. The van der Waals surface area contributed by atoms with E-state index in [1.165, 1.54) is 18.0 Å². The molecular weight excluding hydrogens is 281 g/mol. The summed E-state index contributed by atoms with van der Waals surface area (Å²) in [5.41, 5.74) is 0.679. The summed E-state index contributed by atoms with van der Waals surface area (Å²) in [6.07, 6.45) is 1.49. The van der Waals surface area contributed by atoms with Crippen molar-refractivity contribution in [2.24, 2.45) is 10.2 Å². The summed E-state index contributed by atoms with van der Waals surface area (Å²) < 4.78 is 0. The molecule has 2 rings (SSSR count). The number of hydrogen-bond acceptors (Lipinski definition) is 4. The van der Waals surface area contributed by atoms with Crippen molar-refractivity contribution in [2.75, 3.05) is 5.75 Å². The maximum absolute atomic E-state index is 10.9. The number of hydrogen-bond donors (Lipinski definition) is 1. The number of benzene rings is 1. The molecule has 0 unspecified atom stereocenters. The molecule has 0 aliphatic carbocycles. The minimum Gasteiger partial charge on any atom is -0.303 e. The minimum atomic E-state index is -0.0651. The maximum Gasteiger partial charge on any atom is 0.236 e. The van der Waals surface area contributed by atoms with Crippen molar-refractivity contribution in [1.29, 1.82) is 0 Å². The maximum atomic E-state index is 10.9. The highest BCUT2D eigenvalue weighted by Crippen LogP contribution is 2.24. The fourth-order valence-electron chi connectivity index (χ4n) is 1.14. The summed E-state index contributed by atoms with van der Waals surface area (Å²) >= 11 is 13.1. The molecule has 4 nitrogen and oxygen atoms in total. The normalized spacial score (nSPS) is 18.0. The Balaban J connectivity index is 2.11. The van der Waals surface area contributed by atoms with E-state index < -0.39 is 0 Å². The van der Waals surface area contributed by atoms with Gasteiger partial charge in [0.1, 0.15) is 0 Å². The van der Waals surface area contributed by atoms with E-state index >= 15 is 0 Å².